The maximum atomic E-state index is 11.8. The second kappa shape index (κ2) is 8.43. The smallest absolute Gasteiger partial charge is 0.230 e. The van der Waals surface area contributed by atoms with Crippen molar-refractivity contribution < 1.29 is 19.1 Å². The molecule has 1 aliphatic rings. The van der Waals surface area contributed by atoms with Crippen LogP contribution in [0.2, 0.25) is 0 Å². The summed E-state index contributed by atoms with van der Waals surface area (Å²) in [6, 6.07) is 7.38. The Balaban J connectivity index is 1.79. The van der Waals surface area contributed by atoms with Crippen molar-refractivity contribution >= 4 is 23.4 Å². The van der Waals surface area contributed by atoms with Gasteiger partial charge in [0.1, 0.15) is 0 Å². The van der Waals surface area contributed by atoms with Gasteiger partial charge in [-0.2, -0.15) is 0 Å². The van der Waals surface area contributed by atoms with E-state index in [1.807, 2.05) is 24.3 Å². The molecule has 0 saturated carbocycles. The lowest BCUT2D eigenvalue weighted by molar-refractivity contribution is -0.125. The van der Waals surface area contributed by atoms with Crippen LogP contribution in [-0.2, 0) is 25.5 Å². The summed E-state index contributed by atoms with van der Waals surface area (Å²) in [5, 5.41) is 5.15. The van der Waals surface area contributed by atoms with E-state index < -0.39 is 0 Å². The molecule has 1 aromatic rings. The number of ether oxygens (including phenoxy) is 1. The molecule has 6 nitrogen and oxygen atoms in total. The highest BCUT2D eigenvalue weighted by atomic mass is 16.5. The number of nitrogens with one attached hydrogen (secondary N) is 2. The summed E-state index contributed by atoms with van der Waals surface area (Å²) in [6.45, 7) is 0.666. The maximum Gasteiger partial charge on any atom is 0.230 e. The number of benzene rings is 1. The zero-order valence-electron chi connectivity index (χ0n) is 13.3. The molecule has 124 valence electrons. The lowest BCUT2D eigenvalue weighted by atomic mass is 9.98. The van der Waals surface area contributed by atoms with E-state index in [0.717, 1.165) is 24.1 Å². The normalized spacial score (nSPS) is 17.2. The first-order valence-corrected chi connectivity index (χ1v) is 7.80. The fourth-order valence-electron chi connectivity index (χ4n) is 2.54. The van der Waals surface area contributed by atoms with Crippen LogP contribution >= 0.6 is 0 Å². The molecule has 2 rings (SSSR count). The van der Waals surface area contributed by atoms with Crippen molar-refractivity contribution in [3.63, 3.8) is 0 Å². The molecule has 6 heteroatoms. The number of carbonyl (C=O) groups excluding carboxylic acids is 3. The fourth-order valence-corrected chi connectivity index (χ4v) is 2.54. The largest absolute Gasteiger partial charge is 0.385 e. The third kappa shape index (κ3) is 5.49. The van der Waals surface area contributed by atoms with Gasteiger partial charge in [0, 0.05) is 32.2 Å². The quantitative estimate of drug-likeness (QED) is 0.564. The molecule has 2 N–H and O–H groups in total. The Morgan fingerprint density at radius 1 is 1.26 bits per heavy atom. The SMILES string of the molecule is COCCCCC(=O)Nc1ccc(CC2CC(=O)NC2=O)cc1. The number of carbonyl (C=O) groups is 3. The van der Waals surface area contributed by atoms with Crippen LogP contribution in [0.15, 0.2) is 24.3 Å². The number of amides is 3. The maximum absolute atomic E-state index is 11.8. The molecule has 23 heavy (non-hydrogen) atoms. The van der Waals surface area contributed by atoms with E-state index in [1.54, 1.807) is 7.11 Å². The number of rotatable bonds is 8. The second-order valence-electron chi connectivity index (χ2n) is 5.71. The van der Waals surface area contributed by atoms with Crippen LogP contribution in [0.1, 0.15) is 31.2 Å². The van der Waals surface area contributed by atoms with Crippen molar-refractivity contribution in [3.05, 3.63) is 29.8 Å². The van der Waals surface area contributed by atoms with Crippen LogP contribution in [0.5, 0.6) is 0 Å². The predicted octanol–water partition coefficient (Wildman–Crippen LogP) is 1.65. The molecule has 0 radical (unpaired) electrons. The van der Waals surface area contributed by atoms with Crippen molar-refractivity contribution in [3.8, 4) is 0 Å². The second-order valence-corrected chi connectivity index (χ2v) is 5.71. The molecule has 1 fully saturated rings. The van der Waals surface area contributed by atoms with E-state index in [9.17, 15) is 14.4 Å². The lowest BCUT2D eigenvalue weighted by Crippen LogP contribution is -2.22. The Hall–Kier alpha value is -2.21. The zero-order chi connectivity index (χ0) is 16.7. The lowest BCUT2D eigenvalue weighted by Gasteiger charge is -2.08. The number of hydrogen-bond donors (Lipinski definition) is 2. The molecule has 0 spiro atoms. The van der Waals surface area contributed by atoms with Gasteiger partial charge in [-0.05, 0) is 37.0 Å². The molecule has 0 aromatic heterocycles. The van der Waals surface area contributed by atoms with E-state index in [4.69, 9.17) is 4.74 Å². The molecule has 1 saturated heterocycles. The third-order valence-corrected chi connectivity index (χ3v) is 3.79. The van der Waals surface area contributed by atoms with Gasteiger partial charge in [-0.15, -0.1) is 0 Å². The Morgan fingerprint density at radius 3 is 2.61 bits per heavy atom. The number of anilines is 1. The summed E-state index contributed by atoms with van der Waals surface area (Å²) < 4.78 is 4.94. The molecule has 1 aliphatic heterocycles. The van der Waals surface area contributed by atoms with E-state index in [1.165, 1.54) is 0 Å². The molecular formula is C17H22N2O4. The molecule has 1 heterocycles. The van der Waals surface area contributed by atoms with Crippen LogP contribution in [0.3, 0.4) is 0 Å². The number of imide groups is 1. The third-order valence-electron chi connectivity index (χ3n) is 3.79. The topological polar surface area (TPSA) is 84.5 Å². The van der Waals surface area contributed by atoms with Crippen LogP contribution in [0.4, 0.5) is 5.69 Å². The summed E-state index contributed by atoms with van der Waals surface area (Å²) >= 11 is 0. The first kappa shape index (κ1) is 17.1. The average molecular weight is 318 g/mol. The van der Waals surface area contributed by atoms with Gasteiger partial charge in [0.05, 0.1) is 5.92 Å². The molecule has 0 aliphatic carbocycles. The summed E-state index contributed by atoms with van der Waals surface area (Å²) in [6.07, 6.45) is 2.91. The molecule has 1 unspecified atom stereocenters. The Morgan fingerprint density at radius 2 is 2.00 bits per heavy atom. The minimum atomic E-state index is -0.288. The summed E-state index contributed by atoms with van der Waals surface area (Å²) in [5.41, 5.74) is 1.70. The highest BCUT2D eigenvalue weighted by Crippen LogP contribution is 2.19. The van der Waals surface area contributed by atoms with E-state index >= 15 is 0 Å². The zero-order valence-corrected chi connectivity index (χ0v) is 13.3. The first-order chi connectivity index (χ1) is 11.1. The molecule has 1 aromatic carbocycles. The standard InChI is InChI=1S/C17H22N2O4/c1-23-9-3-2-4-15(20)18-14-7-5-12(6-8-14)10-13-11-16(21)19-17(13)22/h5-8,13H,2-4,9-11H2,1H3,(H,18,20)(H,19,21,22). The van der Waals surface area contributed by atoms with Gasteiger partial charge in [0.2, 0.25) is 17.7 Å². The minimum Gasteiger partial charge on any atom is -0.385 e. The monoisotopic (exact) mass is 318 g/mol. The van der Waals surface area contributed by atoms with Gasteiger partial charge in [-0.1, -0.05) is 12.1 Å². The highest BCUT2D eigenvalue weighted by Gasteiger charge is 2.30. The Labute approximate surface area is 135 Å². The van der Waals surface area contributed by atoms with Crippen molar-refractivity contribution in [2.24, 2.45) is 5.92 Å². The van der Waals surface area contributed by atoms with Gasteiger partial charge in [0.25, 0.3) is 0 Å². The number of unbranched alkanes of at least 4 members (excludes halogenated alkanes) is 1. The Bertz CT molecular complexity index is 568. The molecule has 0 bridgehead atoms. The minimum absolute atomic E-state index is 0.0189. The number of methoxy groups -OCH3 is 1. The van der Waals surface area contributed by atoms with Crippen LogP contribution < -0.4 is 10.6 Å². The summed E-state index contributed by atoms with van der Waals surface area (Å²) in [5.74, 6) is -0.723. The van der Waals surface area contributed by atoms with E-state index in [0.29, 0.717) is 19.4 Å². The Kier molecular flexibility index (Phi) is 6.29. The molecular weight excluding hydrogens is 296 g/mol. The molecule has 3 amide bonds. The van der Waals surface area contributed by atoms with E-state index in [-0.39, 0.29) is 30.1 Å². The highest BCUT2D eigenvalue weighted by molar-refractivity contribution is 6.03. The molecule has 1 atom stereocenters. The van der Waals surface area contributed by atoms with E-state index in [2.05, 4.69) is 10.6 Å². The number of hydrogen-bond acceptors (Lipinski definition) is 4. The van der Waals surface area contributed by atoms with Crippen LogP contribution in [-0.4, -0.2) is 31.4 Å². The van der Waals surface area contributed by atoms with Gasteiger partial charge in [-0.3, -0.25) is 19.7 Å². The van der Waals surface area contributed by atoms with Crippen molar-refractivity contribution in [2.45, 2.75) is 32.1 Å². The first-order valence-electron chi connectivity index (χ1n) is 7.80. The predicted molar refractivity (Wildman–Crippen MR) is 85.8 cm³/mol. The van der Waals surface area contributed by atoms with Crippen molar-refractivity contribution in [2.75, 3.05) is 19.0 Å². The van der Waals surface area contributed by atoms with Gasteiger partial charge in [-0.25, -0.2) is 0 Å². The fraction of sp³-hybridized carbons (Fsp3) is 0.471. The average Bonchev–Trinajstić information content (AvgIpc) is 2.83. The van der Waals surface area contributed by atoms with Crippen LogP contribution in [0.25, 0.3) is 0 Å². The summed E-state index contributed by atoms with van der Waals surface area (Å²) in [4.78, 5) is 34.5. The van der Waals surface area contributed by atoms with Crippen molar-refractivity contribution in [1.82, 2.24) is 5.32 Å². The van der Waals surface area contributed by atoms with Crippen LogP contribution in [0, 0.1) is 5.92 Å². The van der Waals surface area contributed by atoms with Gasteiger partial charge in [0.15, 0.2) is 0 Å². The van der Waals surface area contributed by atoms with Crippen molar-refractivity contribution in [1.29, 1.82) is 0 Å². The summed E-state index contributed by atoms with van der Waals surface area (Å²) in [7, 11) is 1.65. The van der Waals surface area contributed by atoms with Gasteiger partial charge < -0.3 is 10.1 Å². The van der Waals surface area contributed by atoms with Gasteiger partial charge >= 0.3 is 0 Å².